The van der Waals surface area contributed by atoms with E-state index in [-0.39, 0.29) is 17.7 Å². The minimum atomic E-state index is -4.56. The quantitative estimate of drug-likeness (QED) is 0.690. The molecular weight excluding hydrogens is 373 g/mol. The Balaban J connectivity index is 2.09. The number of ether oxygens (including phenoxy) is 1. The van der Waals surface area contributed by atoms with E-state index >= 15 is 0 Å². The highest BCUT2D eigenvalue weighted by Crippen LogP contribution is 2.36. The van der Waals surface area contributed by atoms with Gasteiger partial charge in [0.15, 0.2) is 0 Å². The van der Waals surface area contributed by atoms with Crippen LogP contribution in [-0.4, -0.2) is 23.0 Å². The molecule has 0 amide bonds. The first-order chi connectivity index (χ1) is 13.3. The number of nitrogens with zero attached hydrogens (tertiary/aromatic N) is 1. The molecule has 144 valence electrons. The van der Waals surface area contributed by atoms with E-state index in [0.717, 1.165) is 6.07 Å². The fourth-order valence-electron chi connectivity index (χ4n) is 2.79. The van der Waals surface area contributed by atoms with E-state index in [0.29, 0.717) is 16.8 Å². The fraction of sp³-hybridized carbons (Fsp3) is 0.150. The van der Waals surface area contributed by atoms with Crippen LogP contribution in [-0.2, 0) is 22.1 Å². The molecule has 1 N–H and O–H groups in total. The first-order valence-corrected chi connectivity index (χ1v) is 8.21. The fourth-order valence-corrected chi connectivity index (χ4v) is 2.79. The average molecular weight is 388 g/mol. The standard InChI is InChI=1S/C20H15F3N2O3/c1-28-19(27)11-14-8-12(6-7-24-14)13-9-17(25-18(26)10-13)15-4-2-3-5-16(15)20(21,22)23/h2-10H,11H2,1H3,(H,25,26). The minimum absolute atomic E-state index is 0.0433. The molecule has 8 heteroatoms. The van der Waals surface area contributed by atoms with Crippen LogP contribution in [0.2, 0.25) is 0 Å². The van der Waals surface area contributed by atoms with Gasteiger partial charge in [-0.2, -0.15) is 13.2 Å². The van der Waals surface area contributed by atoms with Gasteiger partial charge in [-0.1, -0.05) is 18.2 Å². The van der Waals surface area contributed by atoms with Gasteiger partial charge in [0.2, 0.25) is 5.56 Å². The van der Waals surface area contributed by atoms with Gasteiger partial charge >= 0.3 is 12.1 Å². The Hall–Kier alpha value is -3.42. The van der Waals surface area contributed by atoms with Gasteiger partial charge in [-0.3, -0.25) is 14.6 Å². The highest BCUT2D eigenvalue weighted by Gasteiger charge is 2.33. The number of hydrogen-bond acceptors (Lipinski definition) is 4. The SMILES string of the molecule is COC(=O)Cc1cc(-c2cc(-c3ccccc3C(F)(F)F)[nH]c(=O)c2)ccn1. The molecule has 3 rings (SSSR count). The molecule has 28 heavy (non-hydrogen) atoms. The number of carbonyl (C=O) groups excluding carboxylic acids is 1. The van der Waals surface area contributed by atoms with Crippen molar-refractivity contribution < 1.29 is 22.7 Å². The molecule has 2 aromatic heterocycles. The molecule has 0 radical (unpaired) electrons. The van der Waals surface area contributed by atoms with Crippen LogP contribution >= 0.6 is 0 Å². The number of benzene rings is 1. The molecule has 0 atom stereocenters. The van der Waals surface area contributed by atoms with Crippen molar-refractivity contribution in [2.45, 2.75) is 12.6 Å². The third-order valence-electron chi connectivity index (χ3n) is 4.07. The van der Waals surface area contributed by atoms with Crippen molar-refractivity contribution in [3.05, 3.63) is 76.3 Å². The maximum absolute atomic E-state index is 13.3. The van der Waals surface area contributed by atoms with Crippen LogP contribution in [0.4, 0.5) is 13.2 Å². The van der Waals surface area contributed by atoms with Crippen molar-refractivity contribution in [3.63, 3.8) is 0 Å². The number of esters is 1. The van der Waals surface area contributed by atoms with E-state index in [4.69, 9.17) is 0 Å². The third-order valence-corrected chi connectivity index (χ3v) is 4.07. The number of nitrogens with one attached hydrogen (secondary N) is 1. The summed E-state index contributed by atoms with van der Waals surface area (Å²) in [5.41, 5.74) is -0.101. The molecule has 0 saturated heterocycles. The largest absolute Gasteiger partial charge is 0.469 e. The average Bonchev–Trinajstić information content (AvgIpc) is 2.67. The summed E-state index contributed by atoms with van der Waals surface area (Å²) in [4.78, 5) is 30.1. The Kier molecular flexibility index (Phi) is 5.30. The number of pyridine rings is 2. The lowest BCUT2D eigenvalue weighted by Gasteiger charge is -2.13. The Labute approximate surface area is 157 Å². The lowest BCUT2D eigenvalue weighted by Crippen LogP contribution is -2.11. The normalized spacial score (nSPS) is 11.3. The molecule has 3 aromatic rings. The summed E-state index contributed by atoms with van der Waals surface area (Å²) in [6.45, 7) is 0. The van der Waals surface area contributed by atoms with E-state index in [1.54, 1.807) is 12.1 Å². The van der Waals surface area contributed by atoms with Crippen molar-refractivity contribution in [1.82, 2.24) is 9.97 Å². The number of carbonyl (C=O) groups is 1. The number of rotatable bonds is 4. The summed E-state index contributed by atoms with van der Waals surface area (Å²) in [5, 5.41) is 0. The summed E-state index contributed by atoms with van der Waals surface area (Å²) >= 11 is 0. The number of hydrogen-bond donors (Lipinski definition) is 1. The van der Waals surface area contributed by atoms with Crippen LogP contribution in [0.3, 0.4) is 0 Å². The first kappa shape index (κ1) is 19.3. The number of alkyl halides is 3. The maximum Gasteiger partial charge on any atom is 0.417 e. The van der Waals surface area contributed by atoms with E-state index < -0.39 is 23.3 Å². The van der Waals surface area contributed by atoms with Crippen LogP contribution in [0, 0.1) is 0 Å². The Morgan fingerprint density at radius 1 is 1.11 bits per heavy atom. The van der Waals surface area contributed by atoms with Crippen molar-refractivity contribution in [1.29, 1.82) is 0 Å². The Bertz CT molecular complexity index is 1070. The van der Waals surface area contributed by atoms with E-state index in [2.05, 4.69) is 14.7 Å². The van der Waals surface area contributed by atoms with E-state index in [9.17, 15) is 22.8 Å². The van der Waals surface area contributed by atoms with Crippen molar-refractivity contribution in [2.75, 3.05) is 7.11 Å². The molecule has 1 aromatic carbocycles. The zero-order valence-corrected chi connectivity index (χ0v) is 14.7. The van der Waals surface area contributed by atoms with Crippen molar-refractivity contribution in [3.8, 4) is 22.4 Å². The van der Waals surface area contributed by atoms with Gasteiger partial charge in [0.05, 0.1) is 24.8 Å². The second-order valence-corrected chi connectivity index (χ2v) is 5.98. The summed E-state index contributed by atoms with van der Waals surface area (Å²) in [7, 11) is 1.26. The predicted octanol–water partition coefficient (Wildman–Crippen LogP) is 3.84. The summed E-state index contributed by atoms with van der Waals surface area (Å²) < 4.78 is 44.6. The van der Waals surface area contributed by atoms with Crippen molar-refractivity contribution in [2.24, 2.45) is 0 Å². The number of aromatic amines is 1. The molecule has 5 nitrogen and oxygen atoms in total. The third kappa shape index (κ3) is 4.28. The molecule has 0 aliphatic rings. The van der Waals surface area contributed by atoms with Gasteiger partial charge < -0.3 is 9.72 Å². The molecule has 0 bridgehead atoms. The second kappa shape index (κ2) is 7.67. The number of aromatic nitrogens is 2. The van der Waals surface area contributed by atoms with Crippen LogP contribution < -0.4 is 5.56 Å². The zero-order chi connectivity index (χ0) is 20.3. The number of H-pyrrole nitrogens is 1. The molecule has 2 heterocycles. The monoisotopic (exact) mass is 388 g/mol. The van der Waals surface area contributed by atoms with Gasteiger partial charge in [0, 0.05) is 23.5 Å². The van der Waals surface area contributed by atoms with Gasteiger partial charge in [-0.05, 0) is 35.4 Å². The molecule has 0 unspecified atom stereocenters. The Morgan fingerprint density at radius 3 is 2.57 bits per heavy atom. The Morgan fingerprint density at radius 2 is 1.86 bits per heavy atom. The van der Waals surface area contributed by atoms with Crippen LogP contribution in [0.1, 0.15) is 11.3 Å². The molecule has 0 fully saturated rings. The topological polar surface area (TPSA) is 72.1 Å². The molecular formula is C20H15F3N2O3. The molecule has 0 aliphatic carbocycles. The summed E-state index contributed by atoms with van der Waals surface area (Å²) in [5.74, 6) is -0.477. The van der Waals surface area contributed by atoms with Gasteiger partial charge in [-0.25, -0.2) is 0 Å². The second-order valence-electron chi connectivity index (χ2n) is 5.98. The highest BCUT2D eigenvalue weighted by atomic mass is 19.4. The maximum atomic E-state index is 13.3. The minimum Gasteiger partial charge on any atom is -0.469 e. The van der Waals surface area contributed by atoms with Crippen LogP contribution in [0.25, 0.3) is 22.4 Å². The van der Waals surface area contributed by atoms with Gasteiger partial charge in [0.1, 0.15) is 0 Å². The van der Waals surface area contributed by atoms with E-state index in [1.165, 1.54) is 43.6 Å². The highest BCUT2D eigenvalue weighted by molar-refractivity contribution is 5.74. The lowest BCUT2D eigenvalue weighted by atomic mass is 10.00. The molecule has 0 aliphatic heterocycles. The first-order valence-electron chi connectivity index (χ1n) is 8.21. The molecule has 0 spiro atoms. The summed E-state index contributed by atoms with van der Waals surface area (Å²) in [6, 6.07) is 10.9. The van der Waals surface area contributed by atoms with Gasteiger partial charge in [-0.15, -0.1) is 0 Å². The van der Waals surface area contributed by atoms with Gasteiger partial charge in [0.25, 0.3) is 0 Å². The lowest BCUT2D eigenvalue weighted by molar-refractivity contribution is -0.140. The molecule has 0 saturated carbocycles. The smallest absolute Gasteiger partial charge is 0.417 e. The number of halogens is 3. The predicted molar refractivity (Wildman–Crippen MR) is 96.5 cm³/mol. The zero-order valence-electron chi connectivity index (χ0n) is 14.7. The van der Waals surface area contributed by atoms with E-state index in [1.807, 2.05) is 0 Å². The van der Waals surface area contributed by atoms with Crippen LogP contribution in [0.15, 0.2) is 59.5 Å². The van der Waals surface area contributed by atoms with Crippen molar-refractivity contribution >= 4 is 5.97 Å². The summed E-state index contributed by atoms with van der Waals surface area (Å²) in [6.07, 6.45) is -3.16. The van der Waals surface area contributed by atoms with Crippen LogP contribution in [0.5, 0.6) is 0 Å². The number of methoxy groups -OCH3 is 1.